The number of rotatable bonds is 6. The van der Waals surface area contributed by atoms with E-state index in [0.29, 0.717) is 12.2 Å². The number of nitrogens with one attached hydrogen (secondary N) is 2. The van der Waals surface area contributed by atoms with Crippen molar-refractivity contribution in [2.24, 2.45) is 0 Å². The molecular formula is C21H23ClN2O3S. The van der Waals surface area contributed by atoms with Crippen LogP contribution < -0.4 is 10.0 Å². The molecule has 0 atom stereocenters. The van der Waals surface area contributed by atoms with Crippen molar-refractivity contribution < 1.29 is 13.2 Å². The fourth-order valence-corrected chi connectivity index (χ4v) is 4.76. The minimum atomic E-state index is -3.93. The van der Waals surface area contributed by atoms with Gasteiger partial charge in [-0.05, 0) is 62.4 Å². The smallest absolute Gasteiger partial charge is 0.263 e. The van der Waals surface area contributed by atoms with E-state index in [1.54, 1.807) is 12.1 Å². The fraction of sp³-hybridized carbons (Fsp3) is 0.286. The minimum Gasteiger partial charge on any atom is -0.348 e. The summed E-state index contributed by atoms with van der Waals surface area (Å²) < 4.78 is 28.2. The Morgan fingerprint density at radius 2 is 1.93 bits per heavy atom. The Balaban J connectivity index is 1.79. The molecule has 2 aromatic carbocycles. The lowest BCUT2D eigenvalue weighted by Crippen LogP contribution is -2.26. The fourth-order valence-electron chi connectivity index (χ4n) is 3.10. The molecular weight excluding hydrogens is 396 g/mol. The van der Waals surface area contributed by atoms with Gasteiger partial charge in [-0.1, -0.05) is 41.4 Å². The van der Waals surface area contributed by atoms with Gasteiger partial charge in [0.15, 0.2) is 0 Å². The molecule has 0 saturated heterocycles. The van der Waals surface area contributed by atoms with Gasteiger partial charge in [0.05, 0.1) is 10.7 Å². The quantitative estimate of drug-likeness (QED) is 0.669. The predicted molar refractivity (Wildman–Crippen MR) is 112 cm³/mol. The molecule has 0 aromatic heterocycles. The van der Waals surface area contributed by atoms with Crippen LogP contribution in [0.3, 0.4) is 0 Å². The molecule has 1 aliphatic rings. The van der Waals surface area contributed by atoms with Crippen molar-refractivity contribution in [2.45, 2.75) is 37.5 Å². The number of allylic oxidation sites excluding steroid dienone is 1. The van der Waals surface area contributed by atoms with Crippen LogP contribution in [0.5, 0.6) is 0 Å². The zero-order chi connectivity index (χ0) is 20.1. The van der Waals surface area contributed by atoms with Gasteiger partial charge in [-0.3, -0.25) is 9.52 Å². The van der Waals surface area contributed by atoms with Crippen molar-refractivity contribution in [3.8, 4) is 0 Å². The number of carbonyl (C=O) groups is 1. The number of para-hydroxylation sites is 1. The van der Waals surface area contributed by atoms with E-state index >= 15 is 0 Å². The SMILES string of the molecule is Cc1ccccc1NS(=O)(=O)c1cc(C(=O)NCC2=CCCCC2)ccc1Cl. The van der Waals surface area contributed by atoms with E-state index in [4.69, 9.17) is 11.6 Å². The van der Waals surface area contributed by atoms with Crippen LogP contribution >= 0.6 is 11.6 Å². The van der Waals surface area contributed by atoms with Gasteiger partial charge in [0.25, 0.3) is 15.9 Å². The first kappa shape index (κ1) is 20.4. The van der Waals surface area contributed by atoms with Gasteiger partial charge < -0.3 is 5.32 Å². The van der Waals surface area contributed by atoms with E-state index in [0.717, 1.165) is 24.8 Å². The third kappa shape index (κ3) is 4.94. The first-order valence-corrected chi connectivity index (χ1v) is 11.1. The molecule has 28 heavy (non-hydrogen) atoms. The Kier molecular flexibility index (Phi) is 6.42. The molecule has 0 aliphatic heterocycles. The Morgan fingerprint density at radius 3 is 2.64 bits per heavy atom. The maximum absolute atomic E-state index is 12.8. The molecule has 148 valence electrons. The maximum Gasteiger partial charge on any atom is 0.263 e. The van der Waals surface area contributed by atoms with Crippen LogP contribution in [0.15, 0.2) is 59.0 Å². The maximum atomic E-state index is 12.8. The molecule has 5 nitrogen and oxygen atoms in total. The Morgan fingerprint density at radius 1 is 1.14 bits per heavy atom. The van der Waals surface area contributed by atoms with Crippen molar-refractivity contribution >= 4 is 33.2 Å². The molecule has 0 saturated carbocycles. The molecule has 0 unspecified atom stereocenters. The first-order valence-electron chi connectivity index (χ1n) is 9.21. The van der Waals surface area contributed by atoms with Crippen LogP contribution in [0.1, 0.15) is 41.6 Å². The second kappa shape index (κ2) is 8.80. The lowest BCUT2D eigenvalue weighted by Gasteiger charge is -2.14. The summed E-state index contributed by atoms with van der Waals surface area (Å²) in [5, 5.41) is 2.92. The van der Waals surface area contributed by atoms with E-state index in [1.807, 2.05) is 19.1 Å². The molecule has 2 N–H and O–H groups in total. The van der Waals surface area contributed by atoms with E-state index in [9.17, 15) is 13.2 Å². The Hall–Kier alpha value is -2.31. The van der Waals surface area contributed by atoms with Crippen LogP contribution in [0.25, 0.3) is 0 Å². The number of aryl methyl sites for hydroxylation is 1. The highest BCUT2D eigenvalue weighted by Crippen LogP contribution is 2.26. The zero-order valence-corrected chi connectivity index (χ0v) is 17.2. The molecule has 0 bridgehead atoms. The summed E-state index contributed by atoms with van der Waals surface area (Å²) in [6, 6.07) is 11.3. The summed E-state index contributed by atoms with van der Waals surface area (Å²) in [6.45, 7) is 2.29. The number of halogens is 1. The number of benzene rings is 2. The van der Waals surface area contributed by atoms with Crippen LogP contribution in [-0.2, 0) is 10.0 Å². The average molecular weight is 419 g/mol. The molecule has 0 radical (unpaired) electrons. The number of carbonyl (C=O) groups excluding carboxylic acids is 1. The molecule has 2 aromatic rings. The number of anilines is 1. The van der Waals surface area contributed by atoms with Gasteiger partial charge in [0.2, 0.25) is 0 Å². The Bertz CT molecular complexity index is 1020. The summed E-state index contributed by atoms with van der Waals surface area (Å²) in [4.78, 5) is 12.4. The zero-order valence-electron chi connectivity index (χ0n) is 15.7. The standard InChI is InChI=1S/C21H23ClN2O3S/c1-15-7-5-6-10-19(15)24-28(26,27)20-13-17(11-12-18(20)22)21(25)23-14-16-8-3-2-4-9-16/h5-8,10-13,24H,2-4,9,14H2,1H3,(H,23,25). The van der Waals surface area contributed by atoms with Crippen LogP contribution in [-0.4, -0.2) is 20.9 Å². The highest BCUT2D eigenvalue weighted by Gasteiger charge is 2.21. The lowest BCUT2D eigenvalue weighted by atomic mass is 9.99. The summed E-state index contributed by atoms with van der Waals surface area (Å²) in [6.07, 6.45) is 6.51. The lowest BCUT2D eigenvalue weighted by molar-refractivity contribution is 0.0956. The average Bonchev–Trinajstić information content (AvgIpc) is 2.69. The second-order valence-electron chi connectivity index (χ2n) is 6.86. The van der Waals surface area contributed by atoms with Crippen LogP contribution in [0.4, 0.5) is 5.69 Å². The third-order valence-electron chi connectivity index (χ3n) is 4.73. The van der Waals surface area contributed by atoms with Crippen LogP contribution in [0, 0.1) is 6.92 Å². The summed E-state index contributed by atoms with van der Waals surface area (Å²) in [5.41, 5.74) is 2.73. The van der Waals surface area contributed by atoms with Gasteiger partial charge in [0.1, 0.15) is 4.90 Å². The summed E-state index contributed by atoms with van der Waals surface area (Å²) >= 11 is 6.13. The molecule has 0 spiro atoms. The number of sulfonamides is 1. The van der Waals surface area contributed by atoms with Crippen molar-refractivity contribution in [3.63, 3.8) is 0 Å². The monoisotopic (exact) mass is 418 g/mol. The van der Waals surface area contributed by atoms with E-state index in [1.165, 1.54) is 30.2 Å². The molecule has 1 amide bonds. The summed E-state index contributed by atoms with van der Waals surface area (Å²) in [7, 11) is -3.93. The highest BCUT2D eigenvalue weighted by atomic mass is 35.5. The summed E-state index contributed by atoms with van der Waals surface area (Å²) in [5.74, 6) is -0.324. The van der Waals surface area contributed by atoms with E-state index in [-0.39, 0.29) is 21.4 Å². The normalized spacial score (nSPS) is 14.3. The second-order valence-corrected chi connectivity index (χ2v) is 8.91. The van der Waals surface area contributed by atoms with Gasteiger partial charge in [0, 0.05) is 12.1 Å². The molecule has 0 fully saturated rings. The Labute approximate surface area is 170 Å². The van der Waals surface area contributed by atoms with Gasteiger partial charge in [-0.2, -0.15) is 0 Å². The highest BCUT2D eigenvalue weighted by molar-refractivity contribution is 7.92. The van der Waals surface area contributed by atoms with Crippen molar-refractivity contribution in [1.82, 2.24) is 5.32 Å². The number of hydrogen-bond acceptors (Lipinski definition) is 3. The number of amides is 1. The first-order chi connectivity index (χ1) is 13.4. The van der Waals surface area contributed by atoms with Crippen molar-refractivity contribution in [3.05, 3.63) is 70.3 Å². The third-order valence-corrected chi connectivity index (χ3v) is 6.58. The van der Waals surface area contributed by atoms with Gasteiger partial charge >= 0.3 is 0 Å². The van der Waals surface area contributed by atoms with Crippen molar-refractivity contribution in [2.75, 3.05) is 11.3 Å². The molecule has 1 aliphatic carbocycles. The molecule has 0 heterocycles. The predicted octanol–water partition coefficient (Wildman–Crippen LogP) is 4.68. The van der Waals surface area contributed by atoms with E-state index in [2.05, 4.69) is 16.1 Å². The van der Waals surface area contributed by atoms with Gasteiger partial charge in [-0.25, -0.2) is 8.42 Å². The largest absolute Gasteiger partial charge is 0.348 e. The molecule has 3 rings (SSSR count). The number of hydrogen-bond donors (Lipinski definition) is 2. The van der Waals surface area contributed by atoms with Crippen LogP contribution in [0.2, 0.25) is 5.02 Å². The van der Waals surface area contributed by atoms with E-state index < -0.39 is 10.0 Å². The van der Waals surface area contributed by atoms with Crippen molar-refractivity contribution in [1.29, 1.82) is 0 Å². The molecule has 7 heteroatoms. The topological polar surface area (TPSA) is 75.3 Å². The van der Waals surface area contributed by atoms with Gasteiger partial charge in [-0.15, -0.1) is 0 Å². The minimum absolute atomic E-state index is 0.0626.